The van der Waals surface area contributed by atoms with Gasteiger partial charge in [-0.1, -0.05) is 65.1 Å². The molecule has 4 aromatic rings. The van der Waals surface area contributed by atoms with Gasteiger partial charge in [0.1, 0.15) is 5.82 Å². The lowest BCUT2D eigenvalue weighted by molar-refractivity contribution is -0.117. The maximum Gasteiger partial charge on any atom is 0.296 e. The van der Waals surface area contributed by atoms with E-state index in [2.05, 4.69) is 10.2 Å². The number of anilines is 1. The number of Topliss-reactive ketones (excluding diaryl/α,β-unsaturated/α-hetero) is 1. The molecule has 2 aromatic heterocycles. The summed E-state index contributed by atoms with van der Waals surface area (Å²) >= 11 is 2.63. The molecule has 1 unspecified atom stereocenters. The topological polar surface area (TPSA) is 96.5 Å². The highest BCUT2D eigenvalue weighted by Crippen LogP contribution is 2.44. The lowest BCUT2D eigenvalue weighted by Gasteiger charge is -2.23. The van der Waals surface area contributed by atoms with Crippen molar-refractivity contribution >= 4 is 39.9 Å². The number of aromatic nitrogens is 2. The Morgan fingerprint density at radius 1 is 1.14 bits per heavy atom. The van der Waals surface area contributed by atoms with Gasteiger partial charge in [0.25, 0.3) is 5.91 Å². The van der Waals surface area contributed by atoms with Crippen LogP contribution in [0.4, 0.5) is 9.52 Å². The Balaban J connectivity index is 1.48. The molecule has 1 aliphatic rings. The molecule has 0 fully saturated rings. The first-order valence-electron chi connectivity index (χ1n) is 10.5. The highest BCUT2D eigenvalue weighted by atomic mass is 32.2. The van der Waals surface area contributed by atoms with Crippen LogP contribution >= 0.6 is 23.1 Å². The molecule has 0 saturated carbocycles. The summed E-state index contributed by atoms with van der Waals surface area (Å²) < 4.78 is 19.5. The zero-order valence-electron chi connectivity index (χ0n) is 18.3. The van der Waals surface area contributed by atoms with Gasteiger partial charge in [0.2, 0.25) is 10.9 Å². The lowest BCUT2D eigenvalue weighted by atomic mass is 9.95. The minimum atomic E-state index is -1.02. The van der Waals surface area contributed by atoms with Crippen molar-refractivity contribution in [3.63, 3.8) is 0 Å². The van der Waals surface area contributed by atoms with Gasteiger partial charge in [-0.2, -0.15) is 0 Å². The first-order chi connectivity index (χ1) is 16.9. The van der Waals surface area contributed by atoms with Crippen LogP contribution in [0.25, 0.3) is 0 Å². The summed E-state index contributed by atoms with van der Waals surface area (Å²) in [6, 6.07) is 15.5. The molecule has 35 heavy (non-hydrogen) atoms. The predicted molar refractivity (Wildman–Crippen MR) is 130 cm³/mol. The number of carbonyl (C=O) groups excluding carboxylic acids is 2. The van der Waals surface area contributed by atoms with Crippen molar-refractivity contribution in [2.75, 3.05) is 4.90 Å². The fourth-order valence-electron chi connectivity index (χ4n) is 3.72. The second kappa shape index (κ2) is 9.47. The Morgan fingerprint density at radius 2 is 1.89 bits per heavy atom. The molecular formula is C25H18FN3O4S2. The van der Waals surface area contributed by atoms with E-state index in [1.54, 1.807) is 0 Å². The number of aliphatic hydroxyl groups excluding tert-OH is 1. The monoisotopic (exact) mass is 507 g/mol. The molecule has 176 valence electrons. The smallest absolute Gasteiger partial charge is 0.296 e. The Labute approximate surface area is 207 Å². The van der Waals surface area contributed by atoms with Gasteiger partial charge >= 0.3 is 0 Å². The molecule has 2 aromatic carbocycles. The number of aliphatic hydroxyl groups is 1. The van der Waals surface area contributed by atoms with Gasteiger partial charge in [-0.05, 0) is 42.3 Å². The van der Waals surface area contributed by atoms with Crippen LogP contribution in [0.1, 0.15) is 33.3 Å². The third-order valence-corrected chi connectivity index (χ3v) is 7.60. The van der Waals surface area contributed by atoms with Crippen LogP contribution in [0.3, 0.4) is 0 Å². The van der Waals surface area contributed by atoms with E-state index in [-0.39, 0.29) is 16.5 Å². The Hall–Kier alpha value is -3.76. The number of aryl methyl sites for hydroxylation is 1. The standard InChI is InChI=1S/C25H18FN3O4S2/c1-14-4-6-15(7-5-14)13-34-25-28-27-24(35-25)29-20(16-8-10-17(26)11-9-16)19(22(31)23(29)32)21(30)18-3-2-12-33-18/h2-12,20,31H,13H2,1H3. The minimum Gasteiger partial charge on any atom is -0.503 e. The molecule has 1 atom stereocenters. The molecule has 0 aliphatic carbocycles. The van der Waals surface area contributed by atoms with Crippen molar-refractivity contribution < 1.29 is 23.5 Å². The number of nitrogens with zero attached hydrogens (tertiary/aromatic N) is 3. The largest absolute Gasteiger partial charge is 0.503 e. The Morgan fingerprint density at radius 3 is 2.57 bits per heavy atom. The van der Waals surface area contributed by atoms with E-state index in [1.165, 1.54) is 76.2 Å². The number of ketones is 1. The summed E-state index contributed by atoms with van der Waals surface area (Å²) in [5.41, 5.74) is 2.55. The first-order valence-corrected chi connectivity index (χ1v) is 12.3. The molecular weight excluding hydrogens is 489 g/mol. The van der Waals surface area contributed by atoms with Crippen molar-refractivity contribution in [2.24, 2.45) is 0 Å². The van der Waals surface area contributed by atoms with Crippen molar-refractivity contribution in [3.8, 4) is 0 Å². The fraction of sp³-hybridized carbons (Fsp3) is 0.120. The third-order valence-electron chi connectivity index (χ3n) is 5.47. The number of hydrogen-bond acceptors (Lipinski definition) is 8. The quantitative estimate of drug-likeness (QED) is 0.196. The number of carbonyl (C=O) groups is 2. The molecule has 7 nitrogen and oxygen atoms in total. The summed E-state index contributed by atoms with van der Waals surface area (Å²) in [5, 5.41) is 19.3. The normalized spacial score (nSPS) is 15.8. The zero-order valence-corrected chi connectivity index (χ0v) is 20.0. The number of furan rings is 1. The summed E-state index contributed by atoms with van der Waals surface area (Å²) in [6.07, 6.45) is 1.33. The van der Waals surface area contributed by atoms with Crippen molar-refractivity contribution in [1.29, 1.82) is 0 Å². The van der Waals surface area contributed by atoms with Gasteiger partial charge in [0.15, 0.2) is 15.9 Å². The van der Waals surface area contributed by atoms with E-state index >= 15 is 0 Å². The average molecular weight is 508 g/mol. The number of rotatable bonds is 7. The lowest BCUT2D eigenvalue weighted by Crippen LogP contribution is -2.31. The zero-order chi connectivity index (χ0) is 24.5. The molecule has 0 bridgehead atoms. The van der Waals surface area contributed by atoms with Crippen LogP contribution in [0, 0.1) is 12.7 Å². The molecule has 10 heteroatoms. The second-order valence-electron chi connectivity index (χ2n) is 7.82. The Bertz CT molecular complexity index is 1410. The molecule has 1 amide bonds. The molecule has 1 aliphatic heterocycles. The molecule has 0 radical (unpaired) electrons. The van der Waals surface area contributed by atoms with E-state index in [0.29, 0.717) is 15.7 Å². The molecule has 3 heterocycles. The molecule has 1 N–H and O–H groups in total. The summed E-state index contributed by atoms with van der Waals surface area (Å²) in [4.78, 5) is 27.5. The van der Waals surface area contributed by atoms with Crippen LogP contribution in [-0.2, 0) is 10.5 Å². The van der Waals surface area contributed by atoms with Gasteiger partial charge in [0, 0.05) is 5.75 Å². The van der Waals surface area contributed by atoms with E-state index in [1.807, 2.05) is 31.2 Å². The first kappa shape index (κ1) is 23.0. The predicted octanol–water partition coefficient (Wildman–Crippen LogP) is 5.65. The average Bonchev–Trinajstić information content (AvgIpc) is 3.60. The van der Waals surface area contributed by atoms with Crippen LogP contribution in [0.15, 0.2) is 87.0 Å². The van der Waals surface area contributed by atoms with Crippen LogP contribution in [-0.4, -0.2) is 27.0 Å². The second-order valence-corrected chi connectivity index (χ2v) is 10.0. The number of hydrogen-bond donors (Lipinski definition) is 1. The fourth-order valence-corrected chi connectivity index (χ4v) is 5.55. The van der Waals surface area contributed by atoms with Gasteiger partial charge < -0.3 is 9.52 Å². The number of thioether (sulfide) groups is 1. The molecule has 0 saturated heterocycles. The highest BCUT2D eigenvalue weighted by Gasteiger charge is 2.46. The SMILES string of the molecule is Cc1ccc(CSc2nnc(N3C(=O)C(O)=C(C(=O)c4ccco4)C3c3ccc(F)cc3)s2)cc1. The Kier molecular flexibility index (Phi) is 6.23. The van der Waals surface area contributed by atoms with Crippen LogP contribution in [0.2, 0.25) is 0 Å². The van der Waals surface area contributed by atoms with Crippen molar-refractivity contribution in [2.45, 2.75) is 23.1 Å². The third kappa shape index (κ3) is 4.50. The number of amides is 1. The van der Waals surface area contributed by atoms with Gasteiger partial charge in [0.05, 0.1) is 17.9 Å². The minimum absolute atomic E-state index is 0.0279. The van der Waals surface area contributed by atoms with E-state index in [4.69, 9.17) is 4.42 Å². The number of benzene rings is 2. The van der Waals surface area contributed by atoms with Gasteiger partial charge in [-0.15, -0.1) is 10.2 Å². The van der Waals surface area contributed by atoms with Crippen LogP contribution < -0.4 is 4.90 Å². The summed E-state index contributed by atoms with van der Waals surface area (Å²) in [7, 11) is 0. The van der Waals surface area contributed by atoms with Gasteiger partial charge in [-0.3, -0.25) is 14.5 Å². The molecule has 5 rings (SSSR count). The van der Waals surface area contributed by atoms with Crippen molar-refractivity contribution in [3.05, 3.63) is 107 Å². The van der Waals surface area contributed by atoms with Crippen LogP contribution in [0.5, 0.6) is 0 Å². The number of halogens is 1. The maximum absolute atomic E-state index is 13.6. The van der Waals surface area contributed by atoms with Gasteiger partial charge in [-0.25, -0.2) is 4.39 Å². The van der Waals surface area contributed by atoms with Crippen molar-refractivity contribution in [1.82, 2.24) is 10.2 Å². The van der Waals surface area contributed by atoms with E-state index in [0.717, 1.165) is 5.56 Å². The summed E-state index contributed by atoms with van der Waals surface area (Å²) in [5.74, 6) is -1.97. The summed E-state index contributed by atoms with van der Waals surface area (Å²) in [6.45, 7) is 2.02. The van der Waals surface area contributed by atoms with E-state index in [9.17, 15) is 19.1 Å². The highest BCUT2D eigenvalue weighted by molar-refractivity contribution is 8.00. The van der Waals surface area contributed by atoms with E-state index < -0.39 is 29.3 Å². The molecule has 0 spiro atoms. The maximum atomic E-state index is 13.6.